The van der Waals surface area contributed by atoms with E-state index < -0.39 is 5.97 Å². The van der Waals surface area contributed by atoms with E-state index in [9.17, 15) is 9.59 Å². The molecule has 3 aromatic rings. The number of carbonyl (C=O) groups excluding carboxylic acids is 2. The molecule has 3 aromatic heterocycles. The first-order valence-electron chi connectivity index (χ1n) is 9.57. The number of nitrogens with zero attached hydrogens (tertiary/aromatic N) is 3. The fraction of sp³-hybridized carbons (Fsp3) is 0.429. The lowest BCUT2D eigenvalue weighted by Gasteiger charge is -2.11. The molecule has 3 rings (SSSR count). The van der Waals surface area contributed by atoms with E-state index in [2.05, 4.69) is 15.4 Å². The van der Waals surface area contributed by atoms with E-state index in [4.69, 9.17) is 13.9 Å². The average Bonchev–Trinajstić information content (AvgIpc) is 3.25. The third-order valence-electron chi connectivity index (χ3n) is 5.15. The van der Waals surface area contributed by atoms with Gasteiger partial charge in [-0.25, -0.2) is 14.5 Å². The van der Waals surface area contributed by atoms with Crippen LogP contribution in [0.4, 0.5) is 0 Å². The van der Waals surface area contributed by atoms with Crippen molar-refractivity contribution in [2.75, 3.05) is 14.2 Å². The van der Waals surface area contributed by atoms with Crippen molar-refractivity contribution < 1.29 is 23.5 Å². The molecule has 0 atom stereocenters. The maximum atomic E-state index is 12.4. The van der Waals surface area contributed by atoms with Crippen LogP contribution in [0.3, 0.4) is 0 Å². The Labute approximate surface area is 174 Å². The van der Waals surface area contributed by atoms with Gasteiger partial charge in [0, 0.05) is 19.2 Å². The smallest absolute Gasteiger partial charge is 0.341 e. The number of pyridine rings is 1. The Bertz CT molecular complexity index is 1110. The van der Waals surface area contributed by atoms with E-state index in [1.54, 1.807) is 24.8 Å². The molecule has 3 heterocycles. The summed E-state index contributed by atoms with van der Waals surface area (Å²) in [5, 5.41) is 8.03. The van der Waals surface area contributed by atoms with Gasteiger partial charge in [0.05, 0.1) is 26.2 Å². The highest BCUT2D eigenvalue weighted by Gasteiger charge is 2.19. The molecule has 30 heavy (non-hydrogen) atoms. The summed E-state index contributed by atoms with van der Waals surface area (Å²) in [7, 11) is 4.72. The number of aromatic nitrogens is 3. The number of nitrogens with one attached hydrogen (secondary N) is 1. The van der Waals surface area contributed by atoms with E-state index in [1.807, 2.05) is 20.9 Å². The number of furan rings is 1. The van der Waals surface area contributed by atoms with Gasteiger partial charge >= 0.3 is 5.97 Å². The predicted molar refractivity (Wildman–Crippen MR) is 109 cm³/mol. The first-order chi connectivity index (χ1) is 14.3. The molecule has 0 radical (unpaired) electrons. The van der Waals surface area contributed by atoms with Gasteiger partial charge in [0.25, 0.3) is 0 Å². The van der Waals surface area contributed by atoms with Gasteiger partial charge in [0.2, 0.25) is 11.8 Å². The average molecular weight is 414 g/mol. The second kappa shape index (κ2) is 8.56. The molecule has 0 bridgehead atoms. The normalized spacial score (nSPS) is 11.0. The molecule has 0 aromatic carbocycles. The number of fused-ring (bicyclic) bond motifs is 1. The molecular weight excluding hydrogens is 388 g/mol. The summed E-state index contributed by atoms with van der Waals surface area (Å²) >= 11 is 0. The van der Waals surface area contributed by atoms with E-state index in [1.165, 1.54) is 7.11 Å². The molecule has 0 aliphatic rings. The Morgan fingerprint density at radius 1 is 1.23 bits per heavy atom. The van der Waals surface area contributed by atoms with E-state index >= 15 is 0 Å². The lowest BCUT2D eigenvalue weighted by Crippen LogP contribution is -2.23. The zero-order valence-corrected chi connectivity index (χ0v) is 18.1. The molecular formula is C21H26N4O5. The van der Waals surface area contributed by atoms with Gasteiger partial charge in [-0.2, -0.15) is 0 Å². The van der Waals surface area contributed by atoms with Gasteiger partial charge in [0.15, 0.2) is 5.65 Å². The maximum absolute atomic E-state index is 12.4. The molecule has 1 amide bonds. The first-order valence-corrected chi connectivity index (χ1v) is 9.57. The van der Waals surface area contributed by atoms with Crippen LogP contribution in [0.1, 0.15) is 45.1 Å². The SMILES string of the molecule is COC(=O)c1cc(CNC(=O)CCc2c(C)nc3c(c(OC)nn3C)c2C)oc1C. The molecule has 160 valence electrons. The standard InChI is InChI=1S/C21H26N4O5/c1-11-15(12(2)23-19-18(11)20(28-5)24-25(19)4)7-8-17(26)22-10-14-9-16(13(3)30-14)21(27)29-6/h9H,7-8,10H2,1-6H3,(H,22,26). The van der Waals surface area contributed by atoms with Crippen LogP contribution in [0, 0.1) is 20.8 Å². The largest absolute Gasteiger partial charge is 0.479 e. The fourth-order valence-electron chi connectivity index (χ4n) is 3.56. The molecule has 0 fully saturated rings. The van der Waals surface area contributed by atoms with Crippen LogP contribution < -0.4 is 10.1 Å². The van der Waals surface area contributed by atoms with Crippen LogP contribution >= 0.6 is 0 Å². The number of ether oxygens (including phenoxy) is 2. The summed E-state index contributed by atoms with van der Waals surface area (Å²) in [6.07, 6.45) is 0.829. The Morgan fingerprint density at radius 2 is 1.97 bits per heavy atom. The highest BCUT2D eigenvalue weighted by atomic mass is 16.5. The summed E-state index contributed by atoms with van der Waals surface area (Å²) in [6.45, 7) is 5.80. The monoisotopic (exact) mass is 414 g/mol. The van der Waals surface area contributed by atoms with E-state index in [-0.39, 0.29) is 12.5 Å². The van der Waals surface area contributed by atoms with Crippen molar-refractivity contribution in [1.82, 2.24) is 20.1 Å². The Morgan fingerprint density at radius 3 is 2.63 bits per heavy atom. The number of esters is 1. The van der Waals surface area contributed by atoms with Crippen molar-refractivity contribution in [2.24, 2.45) is 7.05 Å². The molecule has 0 spiro atoms. The Hall–Kier alpha value is -3.36. The maximum Gasteiger partial charge on any atom is 0.341 e. The summed E-state index contributed by atoms with van der Waals surface area (Å²) in [5.74, 6) is 0.894. The number of methoxy groups -OCH3 is 2. The summed E-state index contributed by atoms with van der Waals surface area (Å²) in [6, 6.07) is 1.59. The van der Waals surface area contributed by atoms with Crippen LogP contribution in [0.2, 0.25) is 0 Å². The third kappa shape index (κ3) is 4.00. The minimum absolute atomic E-state index is 0.124. The Kier molecular flexibility index (Phi) is 6.09. The van der Waals surface area contributed by atoms with Crippen molar-refractivity contribution in [1.29, 1.82) is 0 Å². The molecule has 0 aliphatic heterocycles. The van der Waals surface area contributed by atoms with Crippen molar-refractivity contribution in [3.8, 4) is 5.88 Å². The fourth-order valence-corrected chi connectivity index (χ4v) is 3.56. The molecule has 1 N–H and O–H groups in total. The summed E-state index contributed by atoms with van der Waals surface area (Å²) < 4.78 is 17.3. The van der Waals surface area contributed by atoms with Crippen LogP contribution in [0.5, 0.6) is 5.88 Å². The number of hydrogen-bond acceptors (Lipinski definition) is 7. The van der Waals surface area contributed by atoms with E-state index in [0.29, 0.717) is 35.8 Å². The van der Waals surface area contributed by atoms with Gasteiger partial charge in [-0.15, -0.1) is 5.10 Å². The number of amides is 1. The predicted octanol–water partition coefficient (Wildman–Crippen LogP) is 2.53. The molecule has 9 heteroatoms. The lowest BCUT2D eigenvalue weighted by molar-refractivity contribution is -0.121. The van der Waals surface area contributed by atoms with Crippen molar-refractivity contribution in [3.63, 3.8) is 0 Å². The minimum Gasteiger partial charge on any atom is -0.479 e. The van der Waals surface area contributed by atoms with Crippen molar-refractivity contribution in [3.05, 3.63) is 40.0 Å². The molecule has 0 aliphatic carbocycles. The molecule has 0 unspecified atom stereocenters. The highest BCUT2D eigenvalue weighted by molar-refractivity contribution is 5.90. The molecule has 0 saturated heterocycles. The van der Waals surface area contributed by atoms with E-state index in [0.717, 1.165) is 27.9 Å². The van der Waals surface area contributed by atoms with Gasteiger partial charge < -0.3 is 19.2 Å². The first kappa shape index (κ1) is 21.4. The topological polar surface area (TPSA) is 108 Å². The molecule has 9 nitrogen and oxygen atoms in total. The Balaban J connectivity index is 1.68. The quantitative estimate of drug-likeness (QED) is 0.592. The second-order valence-corrected chi connectivity index (χ2v) is 7.08. The van der Waals surface area contributed by atoms with Crippen LogP contribution in [0.15, 0.2) is 10.5 Å². The van der Waals surface area contributed by atoms with Gasteiger partial charge in [0.1, 0.15) is 17.1 Å². The molecule has 0 saturated carbocycles. The summed E-state index contributed by atoms with van der Waals surface area (Å²) in [4.78, 5) is 28.7. The number of rotatable bonds is 7. The number of aryl methyl sites for hydroxylation is 4. The van der Waals surface area contributed by atoms with Crippen molar-refractivity contribution >= 4 is 22.9 Å². The van der Waals surface area contributed by atoms with Gasteiger partial charge in [-0.05, 0) is 44.4 Å². The summed E-state index contributed by atoms with van der Waals surface area (Å²) in [5.41, 5.74) is 4.00. The highest BCUT2D eigenvalue weighted by Crippen LogP contribution is 2.30. The second-order valence-electron chi connectivity index (χ2n) is 7.08. The van der Waals surface area contributed by atoms with Crippen LogP contribution in [-0.2, 0) is 29.5 Å². The number of carbonyl (C=O) groups is 2. The minimum atomic E-state index is -0.464. The zero-order valence-electron chi connectivity index (χ0n) is 18.1. The lowest BCUT2D eigenvalue weighted by atomic mass is 10.00. The number of hydrogen-bond donors (Lipinski definition) is 1. The van der Waals surface area contributed by atoms with Gasteiger partial charge in [-0.1, -0.05) is 0 Å². The zero-order chi connectivity index (χ0) is 22.0. The van der Waals surface area contributed by atoms with Gasteiger partial charge in [-0.3, -0.25) is 4.79 Å². The van der Waals surface area contributed by atoms with Crippen LogP contribution in [-0.4, -0.2) is 40.9 Å². The third-order valence-corrected chi connectivity index (χ3v) is 5.15. The van der Waals surface area contributed by atoms with Crippen LogP contribution in [0.25, 0.3) is 11.0 Å². The van der Waals surface area contributed by atoms with Crippen molar-refractivity contribution in [2.45, 2.75) is 40.2 Å².